The minimum Gasteiger partial charge on any atom is -0.380 e. The summed E-state index contributed by atoms with van der Waals surface area (Å²) in [7, 11) is 0. The molecule has 0 radical (unpaired) electrons. The van der Waals surface area contributed by atoms with Crippen molar-refractivity contribution in [1.82, 2.24) is 4.98 Å². The van der Waals surface area contributed by atoms with Gasteiger partial charge in [-0.2, -0.15) is 0 Å². The lowest BCUT2D eigenvalue weighted by Crippen LogP contribution is -2.10. The largest absolute Gasteiger partial charge is 0.380 e. The number of aromatic nitrogens is 1. The standard InChI is InChI=1S/C19H19N3O/c1-13-16(19(20)23)11-18(22-13)15-9-5-6-10-17(15)21-12-14-7-3-2-4-8-14/h2-11,21-22H,12H2,1H3,(H2,20,23). The molecule has 1 amide bonds. The first kappa shape index (κ1) is 14.9. The summed E-state index contributed by atoms with van der Waals surface area (Å²) in [6.45, 7) is 2.59. The number of para-hydroxylation sites is 1. The van der Waals surface area contributed by atoms with Gasteiger partial charge in [-0.1, -0.05) is 48.5 Å². The molecular weight excluding hydrogens is 286 g/mol. The molecule has 4 N–H and O–H groups in total. The smallest absolute Gasteiger partial charge is 0.250 e. The van der Waals surface area contributed by atoms with Crippen molar-refractivity contribution in [3.63, 3.8) is 0 Å². The van der Waals surface area contributed by atoms with Crippen molar-refractivity contribution < 1.29 is 4.79 Å². The second-order valence-electron chi connectivity index (χ2n) is 5.47. The van der Waals surface area contributed by atoms with E-state index in [-0.39, 0.29) is 0 Å². The van der Waals surface area contributed by atoms with Gasteiger partial charge in [0.1, 0.15) is 0 Å². The zero-order valence-electron chi connectivity index (χ0n) is 13.0. The lowest BCUT2D eigenvalue weighted by molar-refractivity contribution is 0.1000. The van der Waals surface area contributed by atoms with Gasteiger partial charge < -0.3 is 16.0 Å². The molecule has 0 aliphatic carbocycles. The summed E-state index contributed by atoms with van der Waals surface area (Å²) in [4.78, 5) is 14.7. The fraction of sp³-hybridized carbons (Fsp3) is 0.105. The molecule has 1 aromatic heterocycles. The third-order valence-corrected chi connectivity index (χ3v) is 3.82. The number of hydrogen-bond donors (Lipinski definition) is 3. The summed E-state index contributed by atoms with van der Waals surface area (Å²) in [6.07, 6.45) is 0. The van der Waals surface area contributed by atoms with Crippen LogP contribution in [0, 0.1) is 6.92 Å². The average molecular weight is 305 g/mol. The van der Waals surface area contributed by atoms with E-state index in [1.165, 1.54) is 5.56 Å². The molecule has 0 saturated heterocycles. The summed E-state index contributed by atoms with van der Waals surface area (Å²) >= 11 is 0. The third-order valence-electron chi connectivity index (χ3n) is 3.82. The van der Waals surface area contributed by atoms with Crippen LogP contribution in [0.3, 0.4) is 0 Å². The minimum atomic E-state index is -0.417. The number of carbonyl (C=O) groups is 1. The number of nitrogens with two attached hydrogens (primary N) is 1. The number of hydrogen-bond acceptors (Lipinski definition) is 2. The number of aromatic amines is 1. The Morgan fingerprint density at radius 2 is 1.78 bits per heavy atom. The van der Waals surface area contributed by atoms with Gasteiger partial charge >= 0.3 is 0 Å². The van der Waals surface area contributed by atoms with E-state index >= 15 is 0 Å². The van der Waals surface area contributed by atoms with Gasteiger partial charge in [0, 0.05) is 29.2 Å². The Labute approximate surface area is 135 Å². The molecule has 2 aromatic carbocycles. The SMILES string of the molecule is Cc1[nH]c(-c2ccccc2NCc2ccccc2)cc1C(N)=O. The predicted octanol–water partition coefficient (Wildman–Crippen LogP) is 3.70. The first-order valence-corrected chi connectivity index (χ1v) is 7.52. The molecule has 23 heavy (non-hydrogen) atoms. The van der Waals surface area contributed by atoms with E-state index in [1.807, 2.05) is 49.4 Å². The Kier molecular flexibility index (Phi) is 4.15. The van der Waals surface area contributed by atoms with Gasteiger partial charge in [0.25, 0.3) is 5.91 Å². The molecule has 0 saturated carbocycles. The van der Waals surface area contributed by atoms with Gasteiger partial charge in [-0.3, -0.25) is 4.79 Å². The molecule has 0 atom stereocenters. The molecule has 0 fully saturated rings. The highest BCUT2D eigenvalue weighted by Gasteiger charge is 2.12. The predicted molar refractivity (Wildman–Crippen MR) is 93.3 cm³/mol. The van der Waals surface area contributed by atoms with Gasteiger partial charge in [-0.15, -0.1) is 0 Å². The van der Waals surface area contributed by atoms with E-state index in [1.54, 1.807) is 6.07 Å². The van der Waals surface area contributed by atoms with Crippen molar-refractivity contribution >= 4 is 11.6 Å². The van der Waals surface area contributed by atoms with E-state index in [0.29, 0.717) is 5.56 Å². The number of H-pyrrole nitrogens is 1. The number of amides is 1. The number of aryl methyl sites for hydroxylation is 1. The lowest BCUT2D eigenvalue weighted by atomic mass is 10.1. The molecule has 4 heteroatoms. The van der Waals surface area contributed by atoms with Crippen LogP contribution in [0.4, 0.5) is 5.69 Å². The summed E-state index contributed by atoms with van der Waals surface area (Å²) in [5.74, 6) is -0.417. The van der Waals surface area contributed by atoms with Crippen molar-refractivity contribution in [2.45, 2.75) is 13.5 Å². The topological polar surface area (TPSA) is 70.9 Å². The maximum atomic E-state index is 11.4. The summed E-state index contributed by atoms with van der Waals surface area (Å²) in [6, 6.07) is 20.0. The Bertz CT molecular complexity index is 822. The number of anilines is 1. The van der Waals surface area contributed by atoms with Crippen LogP contribution in [0.25, 0.3) is 11.3 Å². The van der Waals surface area contributed by atoms with Crippen molar-refractivity contribution in [3.05, 3.63) is 77.5 Å². The van der Waals surface area contributed by atoms with Crippen LogP contribution in [-0.2, 0) is 6.54 Å². The highest BCUT2D eigenvalue weighted by Crippen LogP contribution is 2.29. The van der Waals surface area contributed by atoms with Crippen molar-refractivity contribution in [2.24, 2.45) is 5.73 Å². The number of nitrogens with one attached hydrogen (secondary N) is 2. The number of primary amides is 1. The van der Waals surface area contributed by atoms with Crippen molar-refractivity contribution in [3.8, 4) is 11.3 Å². The van der Waals surface area contributed by atoms with Gasteiger partial charge in [0.05, 0.1) is 5.56 Å². The van der Waals surface area contributed by atoms with E-state index in [4.69, 9.17) is 5.73 Å². The molecule has 0 bridgehead atoms. The van der Waals surface area contributed by atoms with Crippen molar-refractivity contribution in [2.75, 3.05) is 5.32 Å². The molecule has 3 aromatic rings. The average Bonchev–Trinajstić information content (AvgIpc) is 2.96. The molecule has 4 nitrogen and oxygen atoms in total. The van der Waals surface area contributed by atoms with E-state index in [9.17, 15) is 4.79 Å². The fourth-order valence-corrected chi connectivity index (χ4v) is 2.62. The normalized spacial score (nSPS) is 10.5. The first-order valence-electron chi connectivity index (χ1n) is 7.52. The van der Waals surface area contributed by atoms with E-state index in [2.05, 4.69) is 22.4 Å². The monoisotopic (exact) mass is 305 g/mol. The molecule has 0 spiro atoms. The van der Waals surface area contributed by atoms with Crippen LogP contribution in [0.2, 0.25) is 0 Å². The molecule has 0 aliphatic heterocycles. The Hall–Kier alpha value is -3.01. The van der Waals surface area contributed by atoms with E-state index in [0.717, 1.165) is 29.2 Å². The zero-order valence-corrected chi connectivity index (χ0v) is 13.0. The van der Waals surface area contributed by atoms with Gasteiger partial charge in [0.15, 0.2) is 0 Å². The maximum Gasteiger partial charge on any atom is 0.250 e. The summed E-state index contributed by atoms with van der Waals surface area (Å²) in [5, 5.41) is 3.45. The van der Waals surface area contributed by atoms with Gasteiger partial charge in [0.2, 0.25) is 0 Å². The minimum absolute atomic E-state index is 0.417. The second-order valence-corrected chi connectivity index (χ2v) is 5.47. The van der Waals surface area contributed by atoms with Crippen LogP contribution in [-0.4, -0.2) is 10.9 Å². The Balaban J connectivity index is 1.89. The van der Waals surface area contributed by atoms with Crippen LogP contribution >= 0.6 is 0 Å². The molecular formula is C19H19N3O. The summed E-state index contributed by atoms with van der Waals surface area (Å²) in [5.41, 5.74) is 10.8. The van der Waals surface area contributed by atoms with Crippen LogP contribution < -0.4 is 11.1 Å². The molecule has 0 aliphatic rings. The van der Waals surface area contributed by atoms with Crippen LogP contribution in [0.1, 0.15) is 21.6 Å². The fourth-order valence-electron chi connectivity index (χ4n) is 2.62. The lowest BCUT2D eigenvalue weighted by Gasteiger charge is -2.11. The molecule has 0 unspecified atom stereocenters. The Morgan fingerprint density at radius 3 is 2.48 bits per heavy atom. The van der Waals surface area contributed by atoms with Crippen LogP contribution in [0.5, 0.6) is 0 Å². The number of benzene rings is 2. The highest BCUT2D eigenvalue weighted by atomic mass is 16.1. The molecule has 116 valence electrons. The maximum absolute atomic E-state index is 11.4. The summed E-state index contributed by atoms with van der Waals surface area (Å²) < 4.78 is 0. The Morgan fingerprint density at radius 1 is 1.09 bits per heavy atom. The van der Waals surface area contributed by atoms with Crippen molar-refractivity contribution in [1.29, 1.82) is 0 Å². The van der Waals surface area contributed by atoms with Gasteiger partial charge in [-0.25, -0.2) is 0 Å². The van der Waals surface area contributed by atoms with Crippen LogP contribution in [0.15, 0.2) is 60.7 Å². The number of carbonyl (C=O) groups excluding carboxylic acids is 1. The molecule has 1 heterocycles. The highest BCUT2D eigenvalue weighted by molar-refractivity contribution is 5.96. The molecule has 3 rings (SSSR count). The quantitative estimate of drug-likeness (QED) is 0.672. The first-order chi connectivity index (χ1) is 11.1. The van der Waals surface area contributed by atoms with E-state index < -0.39 is 5.91 Å². The third kappa shape index (κ3) is 3.26. The number of rotatable bonds is 5. The van der Waals surface area contributed by atoms with Gasteiger partial charge in [-0.05, 0) is 24.6 Å². The second kappa shape index (κ2) is 6.40. The zero-order chi connectivity index (χ0) is 16.2.